The SMILES string of the molecule is C[C@@H]1C[C@H](C)CN(C(=O)CSc2nc3ccccc3c(=O)n2-c2ccc(F)cc2F)C1. The monoisotopic (exact) mass is 443 g/mol. The predicted octanol–water partition coefficient (Wildman–Crippen LogP) is 4.26. The quantitative estimate of drug-likeness (QED) is 0.447. The molecule has 5 nitrogen and oxygen atoms in total. The maximum absolute atomic E-state index is 14.6. The lowest BCUT2D eigenvalue weighted by atomic mass is 9.92. The van der Waals surface area contributed by atoms with Crippen LogP contribution in [0.2, 0.25) is 0 Å². The number of rotatable bonds is 4. The number of amides is 1. The van der Waals surface area contributed by atoms with Gasteiger partial charge in [0.1, 0.15) is 11.6 Å². The summed E-state index contributed by atoms with van der Waals surface area (Å²) in [6, 6.07) is 9.80. The number of benzene rings is 2. The van der Waals surface area contributed by atoms with Crippen molar-refractivity contribution in [3.8, 4) is 5.69 Å². The van der Waals surface area contributed by atoms with Gasteiger partial charge >= 0.3 is 0 Å². The maximum atomic E-state index is 14.6. The standard InChI is InChI=1S/C23H23F2N3O2S/c1-14-9-15(2)12-27(11-14)21(29)13-31-23-26-19-6-4-3-5-17(19)22(30)28(23)20-8-7-16(24)10-18(20)25/h3-8,10,14-15H,9,11-13H2,1-2H3/t14-,15+. The summed E-state index contributed by atoms with van der Waals surface area (Å²) >= 11 is 1.09. The van der Waals surface area contributed by atoms with Crippen molar-refractivity contribution in [2.24, 2.45) is 11.8 Å². The number of likely N-dealkylation sites (tertiary alicyclic amines) is 1. The molecule has 162 valence electrons. The van der Waals surface area contributed by atoms with Gasteiger partial charge in [0.2, 0.25) is 5.91 Å². The molecule has 1 saturated heterocycles. The van der Waals surface area contributed by atoms with Crippen LogP contribution in [0.25, 0.3) is 16.6 Å². The van der Waals surface area contributed by atoms with E-state index in [1.807, 2.05) is 4.90 Å². The molecule has 1 amide bonds. The van der Waals surface area contributed by atoms with E-state index in [1.54, 1.807) is 24.3 Å². The minimum absolute atomic E-state index is 0.0445. The van der Waals surface area contributed by atoms with Gasteiger partial charge < -0.3 is 4.90 Å². The lowest BCUT2D eigenvalue weighted by Crippen LogP contribution is -2.43. The molecule has 8 heteroatoms. The smallest absolute Gasteiger partial charge is 0.266 e. The van der Waals surface area contributed by atoms with Crippen molar-refractivity contribution < 1.29 is 13.6 Å². The Balaban J connectivity index is 1.71. The van der Waals surface area contributed by atoms with Crippen molar-refractivity contribution in [1.82, 2.24) is 14.5 Å². The second kappa shape index (κ2) is 8.78. The molecule has 0 bridgehead atoms. The molecule has 0 spiro atoms. The van der Waals surface area contributed by atoms with Gasteiger partial charge in [-0.2, -0.15) is 0 Å². The van der Waals surface area contributed by atoms with Gasteiger partial charge in [-0.1, -0.05) is 37.7 Å². The molecule has 1 fully saturated rings. The number of nitrogens with zero attached hydrogens (tertiary/aromatic N) is 3. The number of carbonyl (C=O) groups excluding carboxylic acids is 1. The molecule has 2 aromatic carbocycles. The Morgan fingerprint density at radius 3 is 2.55 bits per heavy atom. The third kappa shape index (κ3) is 4.49. The summed E-state index contributed by atoms with van der Waals surface area (Å²) in [6.07, 6.45) is 1.09. The number of thioether (sulfide) groups is 1. The average molecular weight is 444 g/mol. The van der Waals surface area contributed by atoms with E-state index >= 15 is 0 Å². The summed E-state index contributed by atoms with van der Waals surface area (Å²) in [5.74, 6) is -0.706. The number of piperidine rings is 1. The van der Waals surface area contributed by atoms with E-state index in [0.717, 1.165) is 34.9 Å². The van der Waals surface area contributed by atoms with Crippen molar-refractivity contribution in [2.45, 2.75) is 25.4 Å². The molecule has 2 atom stereocenters. The number of fused-ring (bicyclic) bond motifs is 1. The minimum Gasteiger partial charge on any atom is -0.341 e. The normalized spacial score (nSPS) is 19.0. The van der Waals surface area contributed by atoms with Gasteiger partial charge in [0, 0.05) is 19.2 Å². The lowest BCUT2D eigenvalue weighted by molar-refractivity contribution is -0.130. The summed E-state index contributed by atoms with van der Waals surface area (Å²) in [5, 5.41) is 0.515. The van der Waals surface area contributed by atoms with Crippen LogP contribution in [-0.2, 0) is 4.79 Å². The molecule has 3 aromatic rings. The van der Waals surface area contributed by atoms with Crippen molar-refractivity contribution in [3.05, 3.63) is 64.5 Å². The van der Waals surface area contributed by atoms with E-state index in [1.165, 1.54) is 6.07 Å². The molecule has 31 heavy (non-hydrogen) atoms. The second-order valence-corrected chi connectivity index (χ2v) is 9.12. The van der Waals surface area contributed by atoms with Crippen LogP contribution >= 0.6 is 11.8 Å². The third-order valence-corrected chi connectivity index (χ3v) is 6.37. The topological polar surface area (TPSA) is 55.2 Å². The lowest BCUT2D eigenvalue weighted by Gasteiger charge is -2.35. The molecule has 0 saturated carbocycles. The average Bonchev–Trinajstić information content (AvgIpc) is 2.72. The first-order valence-electron chi connectivity index (χ1n) is 10.2. The van der Waals surface area contributed by atoms with Crippen LogP contribution in [0.5, 0.6) is 0 Å². The number of halogens is 2. The highest BCUT2D eigenvalue weighted by molar-refractivity contribution is 7.99. The molecule has 0 unspecified atom stereocenters. The van der Waals surface area contributed by atoms with Crippen LogP contribution in [0.15, 0.2) is 52.4 Å². The summed E-state index contributed by atoms with van der Waals surface area (Å²) < 4.78 is 29.1. The summed E-state index contributed by atoms with van der Waals surface area (Å²) in [4.78, 5) is 32.4. The van der Waals surface area contributed by atoms with Crippen LogP contribution in [0.4, 0.5) is 8.78 Å². The molecule has 0 radical (unpaired) electrons. The fraction of sp³-hybridized carbons (Fsp3) is 0.348. The van der Waals surface area contributed by atoms with Crippen molar-refractivity contribution in [3.63, 3.8) is 0 Å². The number of hydrogen-bond donors (Lipinski definition) is 0. The Labute approximate surface area is 183 Å². The van der Waals surface area contributed by atoms with Crippen molar-refractivity contribution >= 4 is 28.6 Å². The molecule has 0 aliphatic carbocycles. The zero-order valence-electron chi connectivity index (χ0n) is 17.3. The summed E-state index contributed by atoms with van der Waals surface area (Å²) in [5.41, 5.74) is -0.104. The van der Waals surface area contributed by atoms with Gasteiger partial charge in [0.15, 0.2) is 5.16 Å². The van der Waals surface area contributed by atoms with E-state index in [4.69, 9.17) is 0 Å². The Morgan fingerprint density at radius 1 is 1.13 bits per heavy atom. The molecular formula is C23H23F2N3O2S. The van der Waals surface area contributed by atoms with Gasteiger partial charge in [-0.05, 0) is 42.5 Å². The second-order valence-electron chi connectivity index (χ2n) is 8.18. The van der Waals surface area contributed by atoms with Gasteiger partial charge in [0.25, 0.3) is 5.56 Å². The van der Waals surface area contributed by atoms with E-state index in [2.05, 4.69) is 18.8 Å². The van der Waals surface area contributed by atoms with E-state index in [0.29, 0.717) is 35.8 Å². The first-order valence-corrected chi connectivity index (χ1v) is 11.2. The highest BCUT2D eigenvalue weighted by Crippen LogP contribution is 2.25. The molecular weight excluding hydrogens is 420 g/mol. The van der Waals surface area contributed by atoms with Crippen LogP contribution in [-0.4, -0.2) is 39.2 Å². The van der Waals surface area contributed by atoms with E-state index in [-0.39, 0.29) is 22.5 Å². The molecule has 2 heterocycles. The predicted molar refractivity (Wildman–Crippen MR) is 118 cm³/mol. The zero-order valence-corrected chi connectivity index (χ0v) is 18.2. The molecule has 1 aliphatic heterocycles. The van der Waals surface area contributed by atoms with Gasteiger partial charge in [-0.3, -0.25) is 14.2 Å². The van der Waals surface area contributed by atoms with Crippen molar-refractivity contribution in [2.75, 3.05) is 18.8 Å². The summed E-state index contributed by atoms with van der Waals surface area (Å²) in [7, 11) is 0. The zero-order chi connectivity index (χ0) is 22.1. The van der Waals surface area contributed by atoms with E-state index in [9.17, 15) is 18.4 Å². The Bertz CT molecular complexity index is 1190. The summed E-state index contributed by atoms with van der Waals surface area (Å²) in [6.45, 7) is 5.66. The Hall–Kier alpha value is -2.74. The fourth-order valence-corrected chi connectivity index (χ4v) is 5.08. The Morgan fingerprint density at radius 2 is 1.84 bits per heavy atom. The number of carbonyl (C=O) groups is 1. The Kier molecular flexibility index (Phi) is 6.09. The van der Waals surface area contributed by atoms with Gasteiger partial charge in [-0.25, -0.2) is 13.8 Å². The van der Waals surface area contributed by atoms with Crippen molar-refractivity contribution in [1.29, 1.82) is 0 Å². The first kappa shape index (κ1) is 21.5. The van der Waals surface area contributed by atoms with E-state index < -0.39 is 17.2 Å². The fourth-order valence-electron chi connectivity index (χ4n) is 4.17. The third-order valence-electron chi connectivity index (χ3n) is 5.44. The highest BCUT2D eigenvalue weighted by Gasteiger charge is 2.26. The number of aromatic nitrogens is 2. The van der Waals surface area contributed by atoms with Gasteiger partial charge in [-0.15, -0.1) is 0 Å². The van der Waals surface area contributed by atoms with Crippen LogP contribution in [0.1, 0.15) is 20.3 Å². The first-order chi connectivity index (χ1) is 14.8. The largest absolute Gasteiger partial charge is 0.341 e. The van der Waals surface area contributed by atoms with Crippen LogP contribution < -0.4 is 5.56 Å². The highest BCUT2D eigenvalue weighted by atomic mass is 32.2. The molecule has 1 aromatic heterocycles. The van der Waals surface area contributed by atoms with Gasteiger partial charge in [0.05, 0.1) is 22.3 Å². The maximum Gasteiger partial charge on any atom is 0.266 e. The molecule has 0 N–H and O–H groups in total. The number of hydrogen-bond acceptors (Lipinski definition) is 4. The molecule has 4 rings (SSSR count). The number of para-hydroxylation sites is 1. The van der Waals surface area contributed by atoms with Crippen LogP contribution in [0.3, 0.4) is 0 Å². The molecule has 1 aliphatic rings. The van der Waals surface area contributed by atoms with Crippen LogP contribution in [0, 0.1) is 23.5 Å². The minimum atomic E-state index is -0.869.